The molecule has 0 aromatic rings. The molecule has 2 saturated carbocycles. The van der Waals surface area contributed by atoms with Gasteiger partial charge < -0.3 is 9.47 Å². The first-order valence-electron chi connectivity index (χ1n) is 7.51. The highest BCUT2D eigenvalue weighted by Crippen LogP contribution is 2.48. The average molecular weight is 296 g/mol. The predicted molar refractivity (Wildman–Crippen MR) is 75.7 cm³/mol. The number of hydrogen-bond donors (Lipinski definition) is 0. The Balaban J connectivity index is 0.000000161. The van der Waals surface area contributed by atoms with Gasteiger partial charge in [-0.3, -0.25) is 14.4 Å². The molecule has 0 amide bonds. The second-order valence-electron chi connectivity index (χ2n) is 6.97. The first-order valence-corrected chi connectivity index (χ1v) is 7.51. The fourth-order valence-corrected chi connectivity index (χ4v) is 3.08. The number of Topliss-reactive ketones (excluding diaryl/α,β-unsaturated/α-hetero) is 3. The van der Waals surface area contributed by atoms with Gasteiger partial charge in [0.1, 0.15) is 17.3 Å². The van der Waals surface area contributed by atoms with Crippen LogP contribution in [0.15, 0.2) is 0 Å². The van der Waals surface area contributed by atoms with Gasteiger partial charge >= 0.3 is 0 Å². The first kappa shape index (κ1) is 16.3. The van der Waals surface area contributed by atoms with E-state index in [1.807, 2.05) is 13.8 Å². The molecule has 118 valence electrons. The highest BCUT2D eigenvalue weighted by molar-refractivity contribution is 6.12. The minimum absolute atomic E-state index is 0.0903. The predicted octanol–water partition coefficient (Wildman–Crippen LogP) is 2.06. The van der Waals surface area contributed by atoms with E-state index in [-0.39, 0.29) is 17.3 Å². The molecule has 1 aliphatic heterocycles. The van der Waals surface area contributed by atoms with Crippen LogP contribution < -0.4 is 0 Å². The monoisotopic (exact) mass is 296 g/mol. The molecule has 3 fully saturated rings. The van der Waals surface area contributed by atoms with Gasteiger partial charge in [0.05, 0.1) is 24.0 Å². The fourth-order valence-electron chi connectivity index (χ4n) is 3.08. The second-order valence-corrected chi connectivity index (χ2v) is 6.97. The van der Waals surface area contributed by atoms with Crippen molar-refractivity contribution < 1.29 is 23.9 Å². The average Bonchev–Trinajstić information content (AvgIpc) is 3.05. The topological polar surface area (TPSA) is 69.7 Å². The molecule has 0 aromatic carbocycles. The maximum absolute atomic E-state index is 11.5. The van der Waals surface area contributed by atoms with Crippen LogP contribution in [0.25, 0.3) is 0 Å². The van der Waals surface area contributed by atoms with Gasteiger partial charge in [0.15, 0.2) is 5.79 Å². The minimum Gasteiger partial charge on any atom is -0.347 e. The molecule has 5 nitrogen and oxygen atoms in total. The molecule has 0 aromatic heterocycles. The summed E-state index contributed by atoms with van der Waals surface area (Å²) in [5.41, 5.74) is -1.12. The normalized spacial score (nSPS) is 28.9. The number of carbonyl (C=O) groups excluding carboxylic acids is 3. The van der Waals surface area contributed by atoms with Crippen LogP contribution in [0.2, 0.25) is 0 Å². The molecular formula is C16H24O5. The Morgan fingerprint density at radius 1 is 0.762 bits per heavy atom. The third-order valence-electron chi connectivity index (χ3n) is 5.06. The lowest BCUT2D eigenvalue weighted by molar-refractivity contribution is -0.209. The first-order chi connectivity index (χ1) is 9.63. The number of rotatable bonds is 0. The molecule has 21 heavy (non-hydrogen) atoms. The van der Waals surface area contributed by atoms with Gasteiger partial charge in [0.25, 0.3) is 0 Å². The molecule has 3 rings (SSSR count). The van der Waals surface area contributed by atoms with Crippen molar-refractivity contribution in [1.29, 1.82) is 0 Å². The lowest BCUT2D eigenvalue weighted by atomic mass is 9.85. The van der Waals surface area contributed by atoms with Crippen molar-refractivity contribution in [2.24, 2.45) is 10.8 Å². The van der Waals surface area contributed by atoms with E-state index in [1.165, 1.54) is 0 Å². The van der Waals surface area contributed by atoms with Gasteiger partial charge in [-0.05, 0) is 27.7 Å². The zero-order valence-corrected chi connectivity index (χ0v) is 13.3. The van der Waals surface area contributed by atoms with Crippen LogP contribution in [0.3, 0.4) is 0 Å². The van der Waals surface area contributed by atoms with E-state index >= 15 is 0 Å². The zero-order valence-electron chi connectivity index (χ0n) is 13.3. The summed E-state index contributed by atoms with van der Waals surface area (Å²) < 4.78 is 11.1. The second kappa shape index (κ2) is 5.29. The van der Waals surface area contributed by atoms with Crippen molar-refractivity contribution in [3.63, 3.8) is 0 Å². The van der Waals surface area contributed by atoms with Crippen LogP contribution in [-0.4, -0.2) is 36.4 Å². The van der Waals surface area contributed by atoms with Crippen LogP contribution >= 0.6 is 0 Å². The Labute approximate surface area is 125 Å². The molecule has 3 aliphatic rings. The molecule has 0 atom stereocenters. The molecule has 1 saturated heterocycles. The summed E-state index contributed by atoms with van der Waals surface area (Å²) in [5, 5.41) is 0. The van der Waals surface area contributed by atoms with Gasteiger partial charge in [-0.15, -0.1) is 0 Å². The third kappa shape index (κ3) is 2.57. The van der Waals surface area contributed by atoms with Crippen LogP contribution in [0.5, 0.6) is 0 Å². The molecule has 0 radical (unpaired) electrons. The van der Waals surface area contributed by atoms with E-state index in [1.54, 1.807) is 13.8 Å². The van der Waals surface area contributed by atoms with Gasteiger partial charge in [-0.1, -0.05) is 0 Å². The van der Waals surface area contributed by atoms with Crippen molar-refractivity contribution in [1.82, 2.24) is 0 Å². The van der Waals surface area contributed by atoms with Crippen molar-refractivity contribution in [3.8, 4) is 0 Å². The van der Waals surface area contributed by atoms with Gasteiger partial charge in [0, 0.05) is 25.7 Å². The number of carbonyl (C=O) groups is 3. The Bertz CT molecular complexity index is 451. The maximum Gasteiger partial charge on any atom is 0.180 e. The molecule has 2 aliphatic carbocycles. The largest absolute Gasteiger partial charge is 0.347 e. The summed E-state index contributed by atoms with van der Waals surface area (Å²) in [6.07, 6.45) is 2.21. The molecule has 0 N–H and O–H groups in total. The number of ketones is 3. The van der Waals surface area contributed by atoms with Crippen LogP contribution in [0.4, 0.5) is 0 Å². The summed E-state index contributed by atoms with van der Waals surface area (Å²) in [6, 6.07) is 0. The third-order valence-corrected chi connectivity index (χ3v) is 5.06. The number of hydrogen-bond acceptors (Lipinski definition) is 5. The Hall–Kier alpha value is -1.07. The van der Waals surface area contributed by atoms with E-state index in [2.05, 4.69) is 0 Å². The van der Waals surface area contributed by atoms with Crippen molar-refractivity contribution in [3.05, 3.63) is 0 Å². The lowest BCUT2D eigenvalue weighted by Crippen LogP contribution is -2.44. The Kier molecular flexibility index (Phi) is 4.10. The fraction of sp³-hybridized carbons (Fsp3) is 0.812. The lowest BCUT2D eigenvalue weighted by Gasteiger charge is -2.34. The maximum atomic E-state index is 11.5. The van der Waals surface area contributed by atoms with Gasteiger partial charge in [-0.2, -0.15) is 0 Å². The molecule has 5 heteroatoms. The Morgan fingerprint density at radius 3 is 1.52 bits per heavy atom. The van der Waals surface area contributed by atoms with Crippen molar-refractivity contribution >= 4 is 17.3 Å². The zero-order chi connectivity index (χ0) is 15.9. The summed E-state index contributed by atoms with van der Waals surface area (Å²) >= 11 is 0. The van der Waals surface area contributed by atoms with Crippen LogP contribution in [0.1, 0.15) is 53.4 Å². The molecule has 0 bridgehead atoms. The minimum atomic E-state index is -0.667. The van der Waals surface area contributed by atoms with E-state index in [0.29, 0.717) is 32.5 Å². The van der Waals surface area contributed by atoms with Gasteiger partial charge in [-0.25, -0.2) is 0 Å². The molecule has 1 heterocycles. The van der Waals surface area contributed by atoms with Crippen LogP contribution in [-0.2, 0) is 23.9 Å². The summed E-state index contributed by atoms with van der Waals surface area (Å²) in [6.45, 7) is 8.46. The number of ether oxygens (including phenoxy) is 2. The van der Waals surface area contributed by atoms with E-state index in [9.17, 15) is 14.4 Å². The summed E-state index contributed by atoms with van der Waals surface area (Å²) in [5.74, 6) is -0.159. The highest BCUT2D eigenvalue weighted by Gasteiger charge is 2.58. The standard InChI is InChI=1S/C9H14O3.C7H10O2/c1-8(2)7(10)3-4-9(8)11-5-6-12-9;1-7(2)5(8)3-4-6(7)9/h3-6H2,1-2H3;3-4H2,1-2H3. The Morgan fingerprint density at radius 2 is 1.24 bits per heavy atom. The summed E-state index contributed by atoms with van der Waals surface area (Å²) in [7, 11) is 0. The van der Waals surface area contributed by atoms with Gasteiger partial charge in [0.2, 0.25) is 0 Å². The highest BCUT2D eigenvalue weighted by atomic mass is 16.7. The van der Waals surface area contributed by atoms with E-state index in [4.69, 9.17) is 9.47 Å². The molecular weight excluding hydrogens is 272 g/mol. The van der Waals surface area contributed by atoms with E-state index in [0.717, 1.165) is 6.42 Å². The quantitative estimate of drug-likeness (QED) is 0.640. The smallest absolute Gasteiger partial charge is 0.180 e. The van der Waals surface area contributed by atoms with Crippen LogP contribution in [0, 0.1) is 10.8 Å². The summed E-state index contributed by atoms with van der Waals surface area (Å²) in [4.78, 5) is 33.3. The van der Waals surface area contributed by atoms with Crippen molar-refractivity contribution in [2.75, 3.05) is 13.2 Å². The van der Waals surface area contributed by atoms with E-state index < -0.39 is 16.6 Å². The molecule has 0 unspecified atom stereocenters. The molecule has 1 spiro atoms. The van der Waals surface area contributed by atoms with Crippen molar-refractivity contribution in [2.45, 2.75) is 59.2 Å². The SMILES string of the molecule is CC1(C)C(=O)CCC12OCCO2.CC1(C)C(=O)CCC1=O.